The van der Waals surface area contributed by atoms with Crippen molar-refractivity contribution < 1.29 is 28.7 Å². The fraction of sp³-hybridized carbons (Fsp3) is 0.317. The Morgan fingerprint density at radius 3 is 1.62 bits per heavy atom. The molecular formula is C41H47N3O6S2. The highest BCUT2D eigenvalue weighted by Crippen LogP contribution is 2.48. The molecule has 274 valence electrons. The minimum atomic E-state index is -1.12. The van der Waals surface area contributed by atoms with Gasteiger partial charge in [0.15, 0.2) is 0 Å². The molecule has 0 unspecified atom stereocenters. The third-order valence-electron chi connectivity index (χ3n) is 7.76. The Bertz CT molecular complexity index is 1620. The number of carbonyl (C=O) groups is 4. The number of hydrogen-bond acceptors (Lipinski definition) is 8. The number of amides is 3. The van der Waals surface area contributed by atoms with E-state index in [2.05, 4.69) is 52.3 Å². The van der Waals surface area contributed by atoms with Gasteiger partial charge in [-0.2, -0.15) is 11.8 Å². The molecule has 2 atom stereocenters. The van der Waals surface area contributed by atoms with Crippen LogP contribution in [0.5, 0.6) is 0 Å². The van der Waals surface area contributed by atoms with E-state index in [9.17, 15) is 19.2 Å². The number of esters is 1. The summed E-state index contributed by atoms with van der Waals surface area (Å²) in [6, 6.07) is 37.7. The van der Waals surface area contributed by atoms with Crippen molar-refractivity contribution in [2.45, 2.75) is 55.9 Å². The van der Waals surface area contributed by atoms with E-state index in [1.807, 2.05) is 84.9 Å². The molecule has 0 aliphatic carbocycles. The Morgan fingerprint density at radius 2 is 1.13 bits per heavy atom. The molecule has 0 aliphatic heterocycles. The summed E-state index contributed by atoms with van der Waals surface area (Å²) in [7, 11) is 0. The van der Waals surface area contributed by atoms with Crippen LogP contribution in [0.2, 0.25) is 0 Å². The first-order valence-corrected chi connectivity index (χ1v) is 19.3. The van der Waals surface area contributed by atoms with Crippen molar-refractivity contribution in [3.63, 3.8) is 0 Å². The van der Waals surface area contributed by atoms with E-state index >= 15 is 0 Å². The summed E-state index contributed by atoms with van der Waals surface area (Å²) in [6.07, 6.45) is -0.764. The maximum Gasteiger partial charge on any atom is 0.408 e. The summed E-state index contributed by atoms with van der Waals surface area (Å²) in [4.78, 5) is 53.1. The first-order valence-electron chi connectivity index (χ1n) is 17.2. The molecule has 0 aromatic heterocycles. The molecule has 0 saturated heterocycles. The van der Waals surface area contributed by atoms with Gasteiger partial charge in [0.2, 0.25) is 11.8 Å². The Kier molecular flexibility index (Phi) is 15.2. The normalized spacial score (nSPS) is 12.5. The average Bonchev–Trinajstić information content (AvgIpc) is 3.14. The van der Waals surface area contributed by atoms with Gasteiger partial charge in [-0.3, -0.25) is 14.4 Å². The van der Waals surface area contributed by atoms with Crippen molar-refractivity contribution in [3.8, 4) is 0 Å². The second kappa shape index (κ2) is 19.8. The van der Waals surface area contributed by atoms with Crippen LogP contribution in [-0.2, 0) is 34.4 Å². The van der Waals surface area contributed by atoms with Crippen molar-refractivity contribution in [1.82, 2.24) is 16.0 Å². The molecule has 4 aromatic carbocycles. The maximum atomic E-state index is 14.3. The second-order valence-electron chi connectivity index (χ2n) is 12.9. The zero-order valence-electron chi connectivity index (χ0n) is 30.0. The summed E-state index contributed by atoms with van der Waals surface area (Å²) in [5, 5.41) is 8.26. The van der Waals surface area contributed by atoms with Crippen LogP contribution in [0.25, 0.3) is 0 Å². The molecule has 3 N–H and O–H groups in total. The Morgan fingerprint density at radius 1 is 0.654 bits per heavy atom. The predicted molar refractivity (Wildman–Crippen MR) is 209 cm³/mol. The first kappa shape index (κ1) is 40.0. The summed E-state index contributed by atoms with van der Waals surface area (Å²) in [5.74, 6) is -0.780. The Balaban J connectivity index is 1.67. The monoisotopic (exact) mass is 741 g/mol. The van der Waals surface area contributed by atoms with Gasteiger partial charge in [-0.1, -0.05) is 121 Å². The highest BCUT2D eigenvalue weighted by molar-refractivity contribution is 8.00. The number of carbonyl (C=O) groups excluding carboxylic acids is 4. The molecule has 4 aromatic rings. The van der Waals surface area contributed by atoms with Crippen LogP contribution >= 0.6 is 23.5 Å². The summed E-state index contributed by atoms with van der Waals surface area (Å²) < 4.78 is 9.78. The third-order valence-corrected chi connectivity index (χ3v) is 10.5. The van der Waals surface area contributed by atoms with Gasteiger partial charge in [0.1, 0.15) is 24.2 Å². The van der Waals surface area contributed by atoms with Gasteiger partial charge in [-0.05, 0) is 49.9 Å². The van der Waals surface area contributed by atoms with Gasteiger partial charge in [-0.15, -0.1) is 11.8 Å². The lowest BCUT2D eigenvalue weighted by Gasteiger charge is -2.36. The zero-order valence-corrected chi connectivity index (χ0v) is 31.6. The quantitative estimate of drug-likeness (QED) is 0.0808. The molecule has 52 heavy (non-hydrogen) atoms. The zero-order chi connectivity index (χ0) is 37.4. The molecule has 11 heteroatoms. The minimum Gasteiger partial charge on any atom is -0.465 e. The molecule has 0 heterocycles. The Hall–Kier alpha value is -4.74. The van der Waals surface area contributed by atoms with Gasteiger partial charge in [0.05, 0.1) is 11.4 Å². The largest absolute Gasteiger partial charge is 0.465 e. The van der Waals surface area contributed by atoms with Crippen LogP contribution in [0.3, 0.4) is 0 Å². The minimum absolute atomic E-state index is 0.109. The maximum absolute atomic E-state index is 14.3. The molecule has 4 rings (SSSR count). The number of alkyl carbamates (subject to hydrolysis) is 1. The topological polar surface area (TPSA) is 123 Å². The molecule has 3 amide bonds. The number of benzene rings is 4. The van der Waals surface area contributed by atoms with Crippen LogP contribution in [0.15, 0.2) is 121 Å². The van der Waals surface area contributed by atoms with E-state index in [0.717, 1.165) is 22.3 Å². The SMILES string of the molecule is CCOC(=O)CNC(=O)[C@@H](CSCc1ccccc1)NC(=O)[C@@H](CSC(c1ccccc1)(c1ccccc1)c1ccccc1)NC(=O)OC(C)(C)C. The number of rotatable bonds is 17. The molecule has 0 saturated carbocycles. The number of ether oxygens (including phenoxy) is 2. The van der Waals surface area contributed by atoms with Gasteiger partial charge in [0.25, 0.3) is 0 Å². The lowest BCUT2D eigenvalue weighted by molar-refractivity contribution is -0.143. The second-order valence-corrected chi connectivity index (χ2v) is 15.1. The Labute approximate surface area is 315 Å². The van der Waals surface area contributed by atoms with Crippen LogP contribution in [0.1, 0.15) is 49.9 Å². The van der Waals surface area contributed by atoms with E-state index in [-0.39, 0.29) is 24.7 Å². The number of nitrogens with one attached hydrogen (secondary N) is 3. The predicted octanol–water partition coefficient (Wildman–Crippen LogP) is 6.70. The lowest BCUT2D eigenvalue weighted by Crippen LogP contribution is -2.56. The molecule has 0 radical (unpaired) electrons. The third kappa shape index (κ3) is 11.9. The van der Waals surface area contributed by atoms with Crippen molar-refractivity contribution in [2.75, 3.05) is 24.7 Å². The van der Waals surface area contributed by atoms with Crippen LogP contribution in [-0.4, -0.2) is 66.2 Å². The average molecular weight is 742 g/mol. The first-order chi connectivity index (χ1) is 25.0. The number of thioether (sulfide) groups is 2. The molecule has 0 fully saturated rings. The number of hydrogen-bond donors (Lipinski definition) is 3. The molecule has 0 aliphatic rings. The van der Waals surface area contributed by atoms with E-state index in [1.54, 1.807) is 27.7 Å². The van der Waals surface area contributed by atoms with Crippen LogP contribution < -0.4 is 16.0 Å². The van der Waals surface area contributed by atoms with Gasteiger partial charge in [-0.25, -0.2) is 4.79 Å². The van der Waals surface area contributed by atoms with E-state index in [4.69, 9.17) is 9.47 Å². The summed E-state index contributed by atoms with van der Waals surface area (Å²) in [6.45, 7) is 6.75. The smallest absolute Gasteiger partial charge is 0.408 e. The van der Waals surface area contributed by atoms with Crippen molar-refractivity contribution >= 4 is 47.4 Å². The lowest BCUT2D eigenvalue weighted by atomic mass is 9.84. The van der Waals surface area contributed by atoms with E-state index < -0.39 is 46.3 Å². The summed E-state index contributed by atoms with van der Waals surface area (Å²) >= 11 is 2.96. The van der Waals surface area contributed by atoms with Crippen LogP contribution in [0.4, 0.5) is 4.79 Å². The van der Waals surface area contributed by atoms with Gasteiger partial charge in [0, 0.05) is 17.3 Å². The standard InChI is InChI=1S/C41H47N3O6S2/c1-5-49-36(45)26-42-37(46)34(28-51-27-30-18-10-6-11-19-30)43-38(47)35(44-39(48)50-40(2,3)4)29-52-41(31-20-12-7-13-21-31,32-22-14-8-15-23-32)33-24-16-9-17-25-33/h6-25,34-35H,5,26-29H2,1-4H3,(H,42,46)(H,43,47)(H,44,48)/t34-,35-/m1/s1. The molecular weight excluding hydrogens is 695 g/mol. The van der Waals surface area contributed by atoms with Crippen molar-refractivity contribution in [2.24, 2.45) is 0 Å². The van der Waals surface area contributed by atoms with E-state index in [0.29, 0.717) is 5.75 Å². The van der Waals surface area contributed by atoms with E-state index in [1.165, 1.54) is 23.5 Å². The van der Waals surface area contributed by atoms with Crippen molar-refractivity contribution in [3.05, 3.63) is 144 Å². The summed E-state index contributed by atoms with van der Waals surface area (Å²) in [5.41, 5.74) is 3.21. The fourth-order valence-corrected chi connectivity index (χ4v) is 8.00. The fourth-order valence-electron chi connectivity index (χ4n) is 5.43. The van der Waals surface area contributed by atoms with Crippen molar-refractivity contribution in [1.29, 1.82) is 0 Å². The van der Waals surface area contributed by atoms with Crippen LogP contribution in [0, 0.1) is 0 Å². The highest BCUT2D eigenvalue weighted by Gasteiger charge is 2.39. The van der Waals surface area contributed by atoms with Gasteiger partial charge < -0.3 is 25.4 Å². The van der Waals surface area contributed by atoms with Gasteiger partial charge >= 0.3 is 12.1 Å². The molecule has 0 bridgehead atoms. The molecule has 0 spiro atoms. The highest BCUT2D eigenvalue weighted by atomic mass is 32.2. The molecule has 9 nitrogen and oxygen atoms in total.